The highest BCUT2D eigenvalue weighted by atomic mass is 35.5. The summed E-state index contributed by atoms with van der Waals surface area (Å²) in [6, 6.07) is 13.5. The zero-order valence-corrected chi connectivity index (χ0v) is 16.6. The number of para-hydroxylation sites is 1. The first-order chi connectivity index (χ1) is 12.8. The minimum Gasteiger partial charge on any atom is -0.497 e. The maximum Gasteiger partial charge on any atom is 0.240 e. The van der Waals surface area contributed by atoms with Gasteiger partial charge in [-0.25, -0.2) is 8.42 Å². The van der Waals surface area contributed by atoms with E-state index in [4.69, 9.17) is 21.1 Å². The summed E-state index contributed by atoms with van der Waals surface area (Å²) < 4.78 is 35.7. The van der Waals surface area contributed by atoms with Crippen molar-refractivity contribution in [2.24, 2.45) is 0 Å². The second-order valence-electron chi connectivity index (χ2n) is 5.60. The van der Waals surface area contributed by atoms with Crippen LogP contribution in [0, 0.1) is 0 Å². The molecule has 0 heterocycles. The summed E-state index contributed by atoms with van der Waals surface area (Å²) in [5.74, 6) is 0.812. The fourth-order valence-electron chi connectivity index (χ4n) is 2.27. The maximum atomic E-state index is 12.2. The summed E-state index contributed by atoms with van der Waals surface area (Å²) in [7, 11) is -2.11. The third kappa shape index (κ3) is 6.33. The zero-order valence-electron chi connectivity index (χ0n) is 15.0. The summed E-state index contributed by atoms with van der Waals surface area (Å²) in [4.78, 5) is 12.2. The second kappa shape index (κ2) is 9.48. The molecule has 0 aliphatic rings. The third-order valence-electron chi connectivity index (χ3n) is 3.54. The molecule has 0 atom stereocenters. The molecule has 0 spiro atoms. The molecular formula is C18H21ClN2O5S. The lowest BCUT2D eigenvalue weighted by Gasteiger charge is -2.22. The van der Waals surface area contributed by atoms with Crippen LogP contribution in [0.1, 0.15) is 0 Å². The van der Waals surface area contributed by atoms with Gasteiger partial charge in [0, 0.05) is 6.07 Å². The van der Waals surface area contributed by atoms with E-state index in [2.05, 4.69) is 5.32 Å². The fraction of sp³-hybridized carbons (Fsp3) is 0.278. The van der Waals surface area contributed by atoms with Gasteiger partial charge in [0.05, 0.1) is 30.6 Å². The van der Waals surface area contributed by atoms with Crippen molar-refractivity contribution in [2.75, 3.05) is 37.4 Å². The van der Waals surface area contributed by atoms with Crippen LogP contribution in [-0.2, 0) is 14.8 Å². The van der Waals surface area contributed by atoms with E-state index in [-0.39, 0.29) is 30.4 Å². The molecule has 2 aromatic carbocycles. The third-order valence-corrected chi connectivity index (χ3v) is 4.99. The first-order valence-electron chi connectivity index (χ1n) is 8.07. The molecule has 0 saturated heterocycles. The minimum absolute atomic E-state index is 0.218. The van der Waals surface area contributed by atoms with Gasteiger partial charge in [0.15, 0.2) is 0 Å². The Balaban J connectivity index is 1.90. The molecule has 0 aliphatic heterocycles. The summed E-state index contributed by atoms with van der Waals surface area (Å²) in [5.41, 5.74) is 0.254. The van der Waals surface area contributed by atoms with Crippen LogP contribution in [0.15, 0.2) is 48.5 Å². The predicted molar refractivity (Wildman–Crippen MR) is 105 cm³/mol. The van der Waals surface area contributed by atoms with Gasteiger partial charge in [0.2, 0.25) is 15.9 Å². The summed E-state index contributed by atoms with van der Waals surface area (Å²) in [6.07, 6.45) is 1.02. The van der Waals surface area contributed by atoms with Crippen LogP contribution in [0.4, 0.5) is 5.69 Å². The molecule has 27 heavy (non-hydrogen) atoms. The molecule has 2 aromatic rings. The second-order valence-corrected chi connectivity index (χ2v) is 7.91. The number of carbonyl (C=O) groups is 1. The van der Waals surface area contributed by atoms with Crippen LogP contribution >= 0.6 is 11.6 Å². The van der Waals surface area contributed by atoms with Gasteiger partial charge >= 0.3 is 0 Å². The molecule has 0 radical (unpaired) electrons. The number of methoxy groups -OCH3 is 1. The van der Waals surface area contributed by atoms with Crippen LogP contribution in [0.25, 0.3) is 0 Å². The molecule has 0 fully saturated rings. The topological polar surface area (TPSA) is 84.9 Å². The SMILES string of the molecule is COc1cccc(OCCNC(=O)CN(c2ccccc2Cl)S(C)(=O)=O)c1. The monoisotopic (exact) mass is 412 g/mol. The summed E-state index contributed by atoms with van der Waals surface area (Å²) >= 11 is 6.06. The van der Waals surface area contributed by atoms with E-state index in [1.165, 1.54) is 0 Å². The number of halogens is 1. The normalized spacial score (nSPS) is 10.9. The van der Waals surface area contributed by atoms with Gasteiger partial charge in [0.1, 0.15) is 24.7 Å². The number of nitrogens with zero attached hydrogens (tertiary/aromatic N) is 1. The van der Waals surface area contributed by atoms with Gasteiger partial charge in [-0.05, 0) is 24.3 Å². The maximum absolute atomic E-state index is 12.2. The average molecular weight is 413 g/mol. The van der Waals surface area contributed by atoms with Gasteiger partial charge in [0.25, 0.3) is 0 Å². The lowest BCUT2D eigenvalue weighted by Crippen LogP contribution is -2.41. The highest BCUT2D eigenvalue weighted by Crippen LogP contribution is 2.26. The highest BCUT2D eigenvalue weighted by Gasteiger charge is 2.22. The predicted octanol–water partition coefficient (Wildman–Crippen LogP) is 2.31. The lowest BCUT2D eigenvalue weighted by atomic mass is 10.3. The molecule has 7 nitrogen and oxygen atoms in total. The van der Waals surface area contributed by atoms with Gasteiger partial charge in [-0.3, -0.25) is 9.10 Å². The van der Waals surface area contributed by atoms with Gasteiger partial charge in [-0.2, -0.15) is 0 Å². The van der Waals surface area contributed by atoms with E-state index in [0.29, 0.717) is 11.5 Å². The fourth-order valence-corrected chi connectivity index (χ4v) is 3.43. The standard InChI is InChI=1S/C18H21ClN2O5S/c1-25-14-6-5-7-15(12-14)26-11-10-20-18(22)13-21(27(2,23)24)17-9-4-3-8-16(17)19/h3-9,12H,10-11,13H2,1-2H3,(H,20,22). The van der Waals surface area contributed by atoms with Crippen LogP contribution in [-0.4, -0.2) is 47.4 Å². The molecule has 2 rings (SSSR count). The van der Waals surface area contributed by atoms with E-state index in [9.17, 15) is 13.2 Å². The molecule has 0 bridgehead atoms. The quantitative estimate of drug-likeness (QED) is 0.639. The molecule has 0 aromatic heterocycles. The Kier molecular flexibility index (Phi) is 7.32. The average Bonchev–Trinajstić information content (AvgIpc) is 2.63. The molecule has 0 saturated carbocycles. The van der Waals surface area contributed by atoms with Crippen molar-refractivity contribution in [3.63, 3.8) is 0 Å². The molecule has 9 heteroatoms. The van der Waals surface area contributed by atoms with Gasteiger partial charge in [-0.1, -0.05) is 29.8 Å². The van der Waals surface area contributed by atoms with Crippen LogP contribution < -0.4 is 19.1 Å². The van der Waals surface area contributed by atoms with E-state index < -0.39 is 15.9 Å². The van der Waals surface area contributed by atoms with Crippen molar-refractivity contribution >= 4 is 33.2 Å². The summed E-state index contributed by atoms with van der Waals surface area (Å²) in [6.45, 7) is 0.0712. The van der Waals surface area contributed by atoms with Crippen molar-refractivity contribution in [3.8, 4) is 11.5 Å². The number of hydrogen-bond acceptors (Lipinski definition) is 5. The van der Waals surface area contributed by atoms with Crippen LogP contribution in [0.2, 0.25) is 5.02 Å². The number of ether oxygens (including phenoxy) is 2. The Bertz CT molecular complexity index is 889. The number of amides is 1. The van der Waals surface area contributed by atoms with Crippen molar-refractivity contribution in [2.45, 2.75) is 0 Å². The first kappa shape index (κ1) is 20.9. The van der Waals surface area contributed by atoms with E-state index >= 15 is 0 Å². The Labute approximate surface area is 163 Å². The van der Waals surface area contributed by atoms with Crippen molar-refractivity contribution < 1.29 is 22.7 Å². The van der Waals surface area contributed by atoms with E-state index in [0.717, 1.165) is 10.6 Å². The number of carbonyl (C=O) groups excluding carboxylic acids is 1. The largest absolute Gasteiger partial charge is 0.497 e. The van der Waals surface area contributed by atoms with Crippen molar-refractivity contribution in [3.05, 3.63) is 53.6 Å². The molecule has 0 aliphatic carbocycles. The number of nitrogens with one attached hydrogen (secondary N) is 1. The zero-order chi connectivity index (χ0) is 19.9. The van der Waals surface area contributed by atoms with Crippen molar-refractivity contribution in [1.82, 2.24) is 5.32 Å². The number of benzene rings is 2. The van der Waals surface area contributed by atoms with Crippen LogP contribution in [0.3, 0.4) is 0 Å². The summed E-state index contributed by atoms with van der Waals surface area (Å²) in [5, 5.41) is 2.88. The van der Waals surface area contributed by atoms with Gasteiger partial charge in [-0.15, -0.1) is 0 Å². The smallest absolute Gasteiger partial charge is 0.240 e. The molecule has 1 N–H and O–H groups in total. The van der Waals surface area contributed by atoms with Gasteiger partial charge < -0.3 is 14.8 Å². The van der Waals surface area contributed by atoms with Crippen LogP contribution in [0.5, 0.6) is 11.5 Å². The minimum atomic E-state index is -3.67. The number of anilines is 1. The molecular weight excluding hydrogens is 392 g/mol. The lowest BCUT2D eigenvalue weighted by molar-refractivity contribution is -0.119. The Hall–Kier alpha value is -2.45. The molecule has 1 amide bonds. The highest BCUT2D eigenvalue weighted by molar-refractivity contribution is 7.92. The number of rotatable bonds is 9. The number of hydrogen-bond donors (Lipinski definition) is 1. The first-order valence-corrected chi connectivity index (χ1v) is 10.3. The molecule has 146 valence electrons. The Morgan fingerprint density at radius 2 is 1.85 bits per heavy atom. The number of sulfonamides is 1. The Morgan fingerprint density at radius 3 is 2.52 bits per heavy atom. The molecule has 0 unspecified atom stereocenters. The Morgan fingerprint density at radius 1 is 1.15 bits per heavy atom. The van der Waals surface area contributed by atoms with E-state index in [1.54, 1.807) is 55.6 Å². The van der Waals surface area contributed by atoms with E-state index in [1.807, 2.05) is 0 Å². The van der Waals surface area contributed by atoms with Crippen molar-refractivity contribution in [1.29, 1.82) is 0 Å².